The molecule has 1 aliphatic heterocycles. The van der Waals surface area contributed by atoms with E-state index in [4.69, 9.17) is 4.74 Å². The maximum atomic E-state index is 12.0. The van der Waals surface area contributed by atoms with E-state index in [1.54, 1.807) is 36.4 Å². The topological polar surface area (TPSA) is 66.8 Å². The van der Waals surface area contributed by atoms with Crippen molar-refractivity contribution in [2.24, 2.45) is 0 Å². The van der Waals surface area contributed by atoms with Gasteiger partial charge in [-0.15, -0.1) is 0 Å². The molecule has 0 bridgehead atoms. The Morgan fingerprint density at radius 2 is 1.84 bits per heavy atom. The first-order chi connectivity index (χ1) is 9.16. The van der Waals surface area contributed by atoms with Crippen molar-refractivity contribution in [3.05, 3.63) is 53.6 Å². The zero-order chi connectivity index (χ0) is 13.4. The molecule has 1 aliphatic rings. The van der Waals surface area contributed by atoms with Crippen molar-refractivity contribution in [2.75, 3.05) is 0 Å². The number of phenols is 2. The normalized spacial score (nSPS) is 17.7. The fourth-order valence-electron chi connectivity index (χ4n) is 2.25. The Kier molecular flexibility index (Phi) is 2.63. The molecular weight excluding hydrogens is 244 g/mol. The molecule has 3 rings (SSSR count). The van der Waals surface area contributed by atoms with Crippen molar-refractivity contribution in [1.82, 2.24) is 0 Å². The molecule has 4 heteroatoms. The molecular formula is C15H12O4. The lowest BCUT2D eigenvalue weighted by Crippen LogP contribution is -2.20. The van der Waals surface area contributed by atoms with Crippen LogP contribution < -0.4 is 4.74 Å². The third-order valence-electron chi connectivity index (χ3n) is 3.22. The number of hydrogen-bond donors (Lipinski definition) is 2. The lowest BCUT2D eigenvalue weighted by Gasteiger charge is -2.26. The second kappa shape index (κ2) is 4.31. The van der Waals surface area contributed by atoms with Crippen molar-refractivity contribution < 1.29 is 19.7 Å². The van der Waals surface area contributed by atoms with Crippen LogP contribution in [0, 0.1) is 0 Å². The van der Waals surface area contributed by atoms with E-state index >= 15 is 0 Å². The number of hydrogen-bond acceptors (Lipinski definition) is 4. The maximum absolute atomic E-state index is 12.0. The van der Waals surface area contributed by atoms with Gasteiger partial charge in [-0.1, -0.05) is 24.3 Å². The highest BCUT2D eigenvalue weighted by Gasteiger charge is 2.29. The summed E-state index contributed by atoms with van der Waals surface area (Å²) in [6, 6.07) is 11.6. The molecule has 4 nitrogen and oxygen atoms in total. The van der Waals surface area contributed by atoms with Crippen molar-refractivity contribution in [2.45, 2.75) is 12.5 Å². The van der Waals surface area contributed by atoms with E-state index in [1.807, 2.05) is 0 Å². The summed E-state index contributed by atoms with van der Waals surface area (Å²) in [5, 5.41) is 19.3. The Labute approximate surface area is 109 Å². The molecule has 0 aromatic heterocycles. The number of fused-ring (bicyclic) bond motifs is 1. The van der Waals surface area contributed by atoms with Crippen molar-refractivity contribution in [3.8, 4) is 17.2 Å². The first-order valence-corrected chi connectivity index (χ1v) is 5.96. The summed E-state index contributed by atoms with van der Waals surface area (Å²) >= 11 is 0. The molecule has 1 atom stereocenters. The van der Waals surface area contributed by atoms with Crippen LogP contribution in [-0.4, -0.2) is 16.0 Å². The van der Waals surface area contributed by atoms with Gasteiger partial charge in [0.05, 0.1) is 12.0 Å². The number of para-hydroxylation sites is 2. The highest BCUT2D eigenvalue weighted by atomic mass is 16.5. The standard InChI is InChI=1S/C15H12O4/c16-11-6-3-5-10(15(11)18)14-8-12(17)9-4-1-2-7-13(9)19-14/h1-7,14,16,18H,8H2/t14-/m1/s1. The summed E-state index contributed by atoms with van der Waals surface area (Å²) < 4.78 is 5.73. The van der Waals surface area contributed by atoms with Gasteiger partial charge in [-0.05, 0) is 18.2 Å². The zero-order valence-corrected chi connectivity index (χ0v) is 10.0. The van der Waals surface area contributed by atoms with Gasteiger partial charge in [0, 0.05) is 5.56 Å². The molecule has 2 N–H and O–H groups in total. The molecule has 0 saturated heterocycles. The largest absolute Gasteiger partial charge is 0.504 e. The lowest BCUT2D eigenvalue weighted by atomic mass is 9.95. The van der Waals surface area contributed by atoms with E-state index in [0.29, 0.717) is 16.9 Å². The Hall–Kier alpha value is -2.49. The predicted molar refractivity (Wildman–Crippen MR) is 68.5 cm³/mol. The quantitative estimate of drug-likeness (QED) is 0.770. The molecule has 0 fully saturated rings. The number of ether oxygens (including phenoxy) is 1. The minimum Gasteiger partial charge on any atom is -0.504 e. The van der Waals surface area contributed by atoms with Crippen LogP contribution in [0.2, 0.25) is 0 Å². The van der Waals surface area contributed by atoms with Gasteiger partial charge >= 0.3 is 0 Å². The van der Waals surface area contributed by atoms with E-state index < -0.39 is 6.10 Å². The average molecular weight is 256 g/mol. The molecule has 19 heavy (non-hydrogen) atoms. The second-order valence-electron chi connectivity index (χ2n) is 4.44. The highest BCUT2D eigenvalue weighted by Crippen LogP contribution is 2.40. The lowest BCUT2D eigenvalue weighted by molar-refractivity contribution is 0.0846. The molecule has 0 aliphatic carbocycles. The number of carbonyl (C=O) groups is 1. The van der Waals surface area contributed by atoms with Crippen LogP contribution in [0.25, 0.3) is 0 Å². The number of Topliss-reactive ketones (excluding diaryl/α,β-unsaturated/α-hetero) is 1. The van der Waals surface area contributed by atoms with Crippen molar-refractivity contribution in [3.63, 3.8) is 0 Å². The molecule has 0 amide bonds. The Bertz CT molecular complexity index is 648. The zero-order valence-electron chi connectivity index (χ0n) is 10.0. The van der Waals surface area contributed by atoms with Crippen LogP contribution in [-0.2, 0) is 0 Å². The number of benzene rings is 2. The van der Waals surface area contributed by atoms with E-state index in [2.05, 4.69) is 0 Å². The molecule has 0 spiro atoms. The fourth-order valence-corrected chi connectivity index (χ4v) is 2.25. The molecule has 2 aromatic carbocycles. The summed E-state index contributed by atoms with van der Waals surface area (Å²) in [6.45, 7) is 0. The first kappa shape index (κ1) is 11.6. The van der Waals surface area contributed by atoms with E-state index in [0.717, 1.165) is 0 Å². The molecule has 0 saturated carbocycles. The Balaban J connectivity index is 2.02. The minimum absolute atomic E-state index is 0.0328. The van der Waals surface area contributed by atoms with Gasteiger partial charge in [-0.2, -0.15) is 0 Å². The maximum Gasteiger partial charge on any atom is 0.170 e. The Morgan fingerprint density at radius 1 is 1.05 bits per heavy atom. The first-order valence-electron chi connectivity index (χ1n) is 5.96. The Morgan fingerprint density at radius 3 is 2.68 bits per heavy atom. The highest BCUT2D eigenvalue weighted by molar-refractivity contribution is 6.00. The van der Waals surface area contributed by atoms with E-state index in [-0.39, 0.29) is 23.7 Å². The van der Waals surface area contributed by atoms with Crippen LogP contribution in [0.4, 0.5) is 0 Å². The van der Waals surface area contributed by atoms with E-state index in [9.17, 15) is 15.0 Å². The van der Waals surface area contributed by atoms with Gasteiger partial charge in [-0.3, -0.25) is 4.79 Å². The van der Waals surface area contributed by atoms with E-state index in [1.165, 1.54) is 6.07 Å². The van der Waals surface area contributed by atoms with Gasteiger partial charge in [0.25, 0.3) is 0 Å². The number of ketones is 1. The molecule has 0 radical (unpaired) electrons. The summed E-state index contributed by atoms with van der Waals surface area (Å²) in [5.74, 6) is 0.0215. The summed E-state index contributed by atoms with van der Waals surface area (Å²) in [7, 11) is 0. The van der Waals surface area contributed by atoms with Crippen molar-refractivity contribution >= 4 is 5.78 Å². The number of rotatable bonds is 1. The summed E-state index contributed by atoms with van der Waals surface area (Å²) in [5.41, 5.74) is 0.973. The predicted octanol–water partition coefficient (Wildman–Crippen LogP) is 2.80. The third-order valence-corrected chi connectivity index (χ3v) is 3.22. The number of carbonyl (C=O) groups excluding carboxylic acids is 1. The monoisotopic (exact) mass is 256 g/mol. The molecule has 2 aromatic rings. The summed E-state index contributed by atoms with van der Waals surface area (Å²) in [4.78, 5) is 12.0. The molecule has 0 unspecified atom stereocenters. The second-order valence-corrected chi connectivity index (χ2v) is 4.44. The van der Waals surface area contributed by atoms with Gasteiger partial charge in [0.1, 0.15) is 11.9 Å². The van der Waals surface area contributed by atoms with Crippen molar-refractivity contribution in [1.29, 1.82) is 0 Å². The number of aromatic hydroxyl groups is 2. The van der Waals surface area contributed by atoms with Crippen LogP contribution >= 0.6 is 0 Å². The summed E-state index contributed by atoms with van der Waals surface area (Å²) in [6.07, 6.45) is -0.428. The smallest absolute Gasteiger partial charge is 0.170 e. The van der Waals surface area contributed by atoms with Crippen LogP contribution in [0.5, 0.6) is 17.2 Å². The minimum atomic E-state index is -0.575. The molecule has 96 valence electrons. The van der Waals surface area contributed by atoms with Gasteiger partial charge < -0.3 is 14.9 Å². The number of phenolic OH excluding ortho intramolecular Hbond substituents is 2. The average Bonchev–Trinajstić information content (AvgIpc) is 2.42. The van der Waals surface area contributed by atoms with Crippen LogP contribution in [0.3, 0.4) is 0 Å². The van der Waals surface area contributed by atoms with Crippen LogP contribution in [0.1, 0.15) is 28.4 Å². The SMILES string of the molecule is O=C1C[C@H](c2cccc(O)c2O)Oc2ccccc21. The third kappa shape index (κ3) is 1.91. The van der Waals surface area contributed by atoms with Crippen LogP contribution in [0.15, 0.2) is 42.5 Å². The van der Waals surface area contributed by atoms with Gasteiger partial charge in [-0.25, -0.2) is 0 Å². The molecule has 1 heterocycles. The van der Waals surface area contributed by atoms with Gasteiger partial charge in [0.2, 0.25) is 0 Å². The fraction of sp³-hybridized carbons (Fsp3) is 0.133. The van der Waals surface area contributed by atoms with Gasteiger partial charge in [0.15, 0.2) is 17.3 Å².